The number of anilines is 1. The monoisotopic (exact) mass is 473 g/mol. The molecule has 0 radical (unpaired) electrons. The number of aryl methyl sites for hydroxylation is 1. The zero-order valence-corrected chi connectivity index (χ0v) is 20.4. The van der Waals surface area contributed by atoms with Crippen molar-refractivity contribution in [3.8, 4) is 0 Å². The van der Waals surface area contributed by atoms with E-state index >= 15 is 0 Å². The number of rotatable bonds is 7. The number of amides is 2. The van der Waals surface area contributed by atoms with Crippen LogP contribution >= 0.6 is 0 Å². The van der Waals surface area contributed by atoms with E-state index < -0.39 is 11.8 Å². The van der Waals surface area contributed by atoms with Crippen molar-refractivity contribution in [1.82, 2.24) is 20.1 Å². The van der Waals surface area contributed by atoms with Crippen molar-refractivity contribution in [2.75, 3.05) is 5.32 Å². The van der Waals surface area contributed by atoms with Crippen molar-refractivity contribution in [3.63, 3.8) is 0 Å². The fourth-order valence-electron chi connectivity index (χ4n) is 4.85. The number of carbonyl (C=O) groups excluding carboxylic acids is 2. The molecule has 35 heavy (non-hydrogen) atoms. The topological polar surface area (TPSA) is 109 Å². The SMILES string of the molecule is C=CC(=O)Nc1nn(C(C)c2ccccc2)c(C)c1C(=O)NCc1c2c(c(C)[nH]c1=O)CCCC2. The molecule has 2 aromatic heterocycles. The van der Waals surface area contributed by atoms with Gasteiger partial charge in [0.25, 0.3) is 11.5 Å². The Morgan fingerprint density at radius 1 is 1.17 bits per heavy atom. The van der Waals surface area contributed by atoms with Crippen LogP contribution in [0.5, 0.6) is 0 Å². The number of benzene rings is 1. The van der Waals surface area contributed by atoms with Crippen molar-refractivity contribution in [2.45, 2.75) is 59.0 Å². The Labute approximate surface area is 204 Å². The largest absolute Gasteiger partial charge is 0.348 e. The first kappa shape index (κ1) is 24.2. The molecule has 2 amide bonds. The number of fused-ring (bicyclic) bond motifs is 1. The van der Waals surface area contributed by atoms with E-state index in [2.05, 4.69) is 27.3 Å². The number of nitrogens with one attached hydrogen (secondary N) is 3. The lowest BCUT2D eigenvalue weighted by Crippen LogP contribution is -2.30. The molecule has 3 aromatic rings. The minimum atomic E-state index is -0.458. The van der Waals surface area contributed by atoms with Crippen molar-refractivity contribution in [1.29, 1.82) is 0 Å². The number of carbonyl (C=O) groups is 2. The Morgan fingerprint density at radius 2 is 1.86 bits per heavy atom. The summed E-state index contributed by atoms with van der Waals surface area (Å²) in [7, 11) is 0. The van der Waals surface area contributed by atoms with E-state index in [4.69, 9.17) is 0 Å². The second-order valence-electron chi connectivity index (χ2n) is 8.94. The van der Waals surface area contributed by atoms with Gasteiger partial charge >= 0.3 is 0 Å². The Hall–Kier alpha value is -3.94. The lowest BCUT2D eigenvalue weighted by Gasteiger charge is -2.21. The van der Waals surface area contributed by atoms with Gasteiger partial charge in [-0.2, -0.15) is 5.10 Å². The molecule has 0 saturated carbocycles. The summed E-state index contributed by atoms with van der Waals surface area (Å²) in [6, 6.07) is 9.63. The summed E-state index contributed by atoms with van der Waals surface area (Å²) in [6.45, 7) is 9.30. The molecule has 1 unspecified atom stereocenters. The van der Waals surface area contributed by atoms with Crippen molar-refractivity contribution < 1.29 is 9.59 Å². The van der Waals surface area contributed by atoms with Gasteiger partial charge in [-0.1, -0.05) is 36.9 Å². The van der Waals surface area contributed by atoms with Gasteiger partial charge in [0, 0.05) is 17.8 Å². The summed E-state index contributed by atoms with van der Waals surface area (Å²) in [4.78, 5) is 41.1. The lowest BCUT2D eigenvalue weighted by molar-refractivity contribution is -0.111. The summed E-state index contributed by atoms with van der Waals surface area (Å²) in [5.41, 5.74) is 5.44. The maximum Gasteiger partial charge on any atom is 0.257 e. The highest BCUT2D eigenvalue weighted by molar-refractivity contribution is 6.06. The van der Waals surface area contributed by atoms with Crippen LogP contribution in [0.1, 0.15) is 69.8 Å². The maximum atomic E-state index is 13.4. The van der Waals surface area contributed by atoms with E-state index in [1.807, 2.05) is 44.2 Å². The van der Waals surface area contributed by atoms with Crippen LogP contribution in [0.4, 0.5) is 5.82 Å². The number of aromatic amines is 1. The van der Waals surface area contributed by atoms with Gasteiger partial charge in [-0.15, -0.1) is 0 Å². The molecule has 1 aliphatic carbocycles. The van der Waals surface area contributed by atoms with Gasteiger partial charge in [0.2, 0.25) is 5.91 Å². The molecular weight excluding hydrogens is 442 g/mol. The highest BCUT2D eigenvalue weighted by Gasteiger charge is 2.26. The highest BCUT2D eigenvalue weighted by atomic mass is 16.2. The Kier molecular flexibility index (Phi) is 7.00. The van der Waals surface area contributed by atoms with Gasteiger partial charge in [-0.05, 0) is 69.2 Å². The molecule has 182 valence electrons. The van der Waals surface area contributed by atoms with E-state index in [0.717, 1.165) is 48.6 Å². The molecule has 0 bridgehead atoms. The smallest absolute Gasteiger partial charge is 0.257 e. The maximum absolute atomic E-state index is 13.4. The van der Waals surface area contributed by atoms with Gasteiger partial charge in [0.15, 0.2) is 5.82 Å². The average molecular weight is 474 g/mol. The number of H-pyrrole nitrogens is 1. The van der Waals surface area contributed by atoms with Gasteiger partial charge in [0.05, 0.1) is 11.7 Å². The molecule has 4 rings (SSSR count). The van der Waals surface area contributed by atoms with Crippen LogP contribution < -0.4 is 16.2 Å². The normalized spacial score (nSPS) is 13.6. The Balaban J connectivity index is 1.67. The molecule has 2 heterocycles. The summed E-state index contributed by atoms with van der Waals surface area (Å²) in [5.74, 6) is -0.703. The predicted octanol–water partition coefficient (Wildman–Crippen LogP) is 3.73. The fourth-order valence-corrected chi connectivity index (χ4v) is 4.85. The first-order valence-corrected chi connectivity index (χ1v) is 11.9. The second kappa shape index (κ2) is 10.1. The molecule has 8 nitrogen and oxygen atoms in total. The molecule has 1 aliphatic rings. The first-order valence-electron chi connectivity index (χ1n) is 11.9. The van der Waals surface area contributed by atoms with Crippen LogP contribution in [-0.4, -0.2) is 26.6 Å². The molecule has 1 aromatic carbocycles. The van der Waals surface area contributed by atoms with Crippen LogP contribution in [-0.2, 0) is 24.2 Å². The quantitative estimate of drug-likeness (QED) is 0.454. The van der Waals surface area contributed by atoms with Crippen molar-refractivity contribution in [3.05, 3.63) is 92.5 Å². The number of aromatic nitrogens is 3. The van der Waals surface area contributed by atoms with E-state index in [0.29, 0.717) is 11.3 Å². The highest BCUT2D eigenvalue weighted by Crippen LogP contribution is 2.27. The van der Waals surface area contributed by atoms with Crippen LogP contribution in [0.2, 0.25) is 0 Å². The summed E-state index contributed by atoms with van der Waals surface area (Å²) >= 11 is 0. The minimum Gasteiger partial charge on any atom is -0.348 e. The predicted molar refractivity (Wildman–Crippen MR) is 136 cm³/mol. The molecular formula is C27H31N5O3. The molecule has 3 N–H and O–H groups in total. The number of nitrogens with zero attached hydrogens (tertiary/aromatic N) is 2. The van der Waals surface area contributed by atoms with E-state index in [9.17, 15) is 14.4 Å². The van der Waals surface area contributed by atoms with Gasteiger partial charge in [-0.25, -0.2) is 0 Å². The summed E-state index contributed by atoms with van der Waals surface area (Å²) in [6.07, 6.45) is 5.01. The molecule has 0 fully saturated rings. The fraction of sp³-hybridized carbons (Fsp3) is 0.333. The summed E-state index contributed by atoms with van der Waals surface area (Å²) < 4.78 is 1.73. The third-order valence-electron chi connectivity index (χ3n) is 6.74. The van der Waals surface area contributed by atoms with E-state index in [-0.39, 0.29) is 29.5 Å². The lowest BCUT2D eigenvalue weighted by atomic mass is 9.88. The van der Waals surface area contributed by atoms with Crippen LogP contribution in [0.15, 0.2) is 47.8 Å². The van der Waals surface area contributed by atoms with E-state index in [1.54, 1.807) is 11.6 Å². The number of hydrogen-bond acceptors (Lipinski definition) is 4. The van der Waals surface area contributed by atoms with Crippen molar-refractivity contribution in [2.24, 2.45) is 0 Å². The first-order chi connectivity index (χ1) is 16.8. The second-order valence-corrected chi connectivity index (χ2v) is 8.94. The van der Waals surface area contributed by atoms with Gasteiger partial charge in [-0.3, -0.25) is 19.1 Å². The van der Waals surface area contributed by atoms with Gasteiger partial charge in [0.1, 0.15) is 5.56 Å². The standard InChI is InChI=1S/C27H31N5O3/c1-5-23(33)30-25-24(18(4)32(31-25)17(3)19-11-7-6-8-12-19)27(35)28-15-22-21-14-10-9-13-20(21)16(2)29-26(22)34/h5-8,11-12,17H,1,9-10,13-15H2,2-4H3,(H,28,35)(H,29,34)(H,30,31,33). The summed E-state index contributed by atoms with van der Waals surface area (Å²) in [5, 5.41) is 10.1. The zero-order chi connectivity index (χ0) is 25.1. The molecule has 0 saturated heterocycles. The molecule has 0 spiro atoms. The molecule has 8 heteroatoms. The third-order valence-corrected chi connectivity index (χ3v) is 6.74. The number of pyridine rings is 1. The number of hydrogen-bond donors (Lipinski definition) is 3. The Morgan fingerprint density at radius 3 is 2.54 bits per heavy atom. The Bertz CT molecular complexity index is 1340. The molecule has 1 atom stereocenters. The minimum absolute atomic E-state index is 0.102. The van der Waals surface area contributed by atoms with Crippen LogP contribution in [0.25, 0.3) is 0 Å². The molecule has 0 aliphatic heterocycles. The average Bonchev–Trinajstić information content (AvgIpc) is 3.19. The van der Waals surface area contributed by atoms with Crippen LogP contribution in [0.3, 0.4) is 0 Å². The third kappa shape index (κ3) is 4.82. The van der Waals surface area contributed by atoms with E-state index in [1.165, 1.54) is 5.56 Å². The van der Waals surface area contributed by atoms with Crippen molar-refractivity contribution >= 4 is 17.6 Å². The zero-order valence-electron chi connectivity index (χ0n) is 20.4. The van der Waals surface area contributed by atoms with Gasteiger partial charge < -0.3 is 15.6 Å². The van der Waals surface area contributed by atoms with Crippen LogP contribution in [0, 0.1) is 13.8 Å².